The average molecular weight is 475 g/mol. The van der Waals surface area contributed by atoms with E-state index in [0.29, 0.717) is 12.0 Å². The number of carbonyl (C=O) groups excluding carboxylic acids is 1. The Hall–Kier alpha value is -3.67. The zero-order valence-electron chi connectivity index (χ0n) is 20.9. The third-order valence-corrected chi connectivity index (χ3v) is 6.34. The predicted octanol–water partition coefficient (Wildman–Crippen LogP) is 5.45. The summed E-state index contributed by atoms with van der Waals surface area (Å²) in [5.41, 5.74) is 5.89. The Balaban J connectivity index is 1.96. The number of carboxylic acids is 1. The number of nitrogens with zero attached hydrogens (tertiary/aromatic N) is 1. The summed E-state index contributed by atoms with van der Waals surface area (Å²) in [6, 6.07) is 10.9. The fourth-order valence-corrected chi connectivity index (χ4v) is 4.43. The van der Waals surface area contributed by atoms with Crippen molar-refractivity contribution in [1.82, 2.24) is 9.88 Å². The fourth-order valence-electron chi connectivity index (χ4n) is 4.43. The summed E-state index contributed by atoms with van der Waals surface area (Å²) >= 11 is 0. The van der Waals surface area contributed by atoms with Crippen molar-refractivity contribution in [2.45, 2.75) is 59.0 Å². The van der Waals surface area contributed by atoms with E-state index in [-0.39, 0.29) is 23.8 Å². The van der Waals surface area contributed by atoms with Gasteiger partial charge in [0.2, 0.25) is 5.91 Å². The molecule has 0 unspecified atom stereocenters. The van der Waals surface area contributed by atoms with E-state index in [4.69, 9.17) is 0 Å². The highest BCUT2D eigenvalue weighted by atomic mass is 16.4. The molecule has 0 bridgehead atoms. The first-order valence-electron chi connectivity index (χ1n) is 11.9. The lowest BCUT2D eigenvalue weighted by atomic mass is 9.86. The van der Waals surface area contributed by atoms with Crippen LogP contribution in [0.4, 0.5) is 0 Å². The normalized spacial score (nSPS) is 15.6. The first kappa shape index (κ1) is 25.9. The summed E-state index contributed by atoms with van der Waals surface area (Å²) < 4.78 is 1.42. The van der Waals surface area contributed by atoms with Crippen LogP contribution in [0.15, 0.2) is 82.8 Å². The number of aromatic nitrogens is 1. The Bertz CT molecular complexity index is 1250. The lowest BCUT2D eigenvalue weighted by Gasteiger charge is -2.25. The maximum atomic E-state index is 13.4. The molecule has 0 radical (unpaired) electrons. The minimum Gasteiger partial charge on any atom is -0.481 e. The number of hydrogen-bond acceptors (Lipinski definition) is 3. The number of aliphatic carboxylic acids is 1. The molecule has 6 heteroatoms. The topological polar surface area (TPSA) is 88.4 Å². The summed E-state index contributed by atoms with van der Waals surface area (Å²) in [4.78, 5) is 37.6. The molecule has 1 aromatic heterocycles. The molecule has 0 spiro atoms. The van der Waals surface area contributed by atoms with E-state index < -0.39 is 18.1 Å². The molecule has 1 aliphatic rings. The Labute approximate surface area is 206 Å². The average Bonchev–Trinajstić information content (AvgIpc) is 2.79. The minimum atomic E-state index is -1.02. The molecular formula is C29H34N2O4. The first-order chi connectivity index (χ1) is 16.6. The van der Waals surface area contributed by atoms with Gasteiger partial charge in [0.15, 0.2) is 0 Å². The van der Waals surface area contributed by atoms with E-state index in [1.807, 2.05) is 45.0 Å². The van der Waals surface area contributed by atoms with Crippen molar-refractivity contribution in [2.75, 3.05) is 0 Å². The van der Waals surface area contributed by atoms with Gasteiger partial charge in [-0.1, -0.05) is 56.3 Å². The van der Waals surface area contributed by atoms with Gasteiger partial charge in [0.25, 0.3) is 5.56 Å². The summed E-state index contributed by atoms with van der Waals surface area (Å²) in [6.07, 6.45) is 4.68. The Morgan fingerprint density at radius 3 is 2.54 bits per heavy atom. The molecule has 1 aromatic carbocycles. The largest absolute Gasteiger partial charge is 0.481 e. The summed E-state index contributed by atoms with van der Waals surface area (Å²) in [5.74, 6) is -1.23. The second-order valence-electron chi connectivity index (χ2n) is 9.68. The Kier molecular flexibility index (Phi) is 8.28. The molecule has 35 heavy (non-hydrogen) atoms. The number of carbonyl (C=O) groups is 2. The number of pyridine rings is 1. The van der Waals surface area contributed by atoms with Crippen LogP contribution in [0.3, 0.4) is 0 Å². The predicted molar refractivity (Wildman–Crippen MR) is 139 cm³/mol. The van der Waals surface area contributed by atoms with E-state index >= 15 is 0 Å². The zero-order chi connectivity index (χ0) is 25.7. The van der Waals surface area contributed by atoms with Crippen molar-refractivity contribution in [2.24, 2.45) is 5.92 Å². The Morgan fingerprint density at radius 1 is 1.14 bits per heavy atom. The quantitative estimate of drug-likeness (QED) is 0.506. The number of benzene rings is 1. The molecule has 184 valence electrons. The second-order valence-corrected chi connectivity index (χ2v) is 9.68. The third-order valence-electron chi connectivity index (χ3n) is 6.34. The van der Waals surface area contributed by atoms with Crippen LogP contribution in [0.25, 0.3) is 5.57 Å². The molecule has 6 nitrogen and oxygen atoms in total. The molecule has 1 heterocycles. The fraction of sp³-hybridized carbons (Fsp3) is 0.345. The number of rotatable bonds is 9. The number of nitrogens with one attached hydrogen (secondary N) is 1. The van der Waals surface area contributed by atoms with Crippen molar-refractivity contribution >= 4 is 17.4 Å². The van der Waals surface area contributed by atoms with Crippen LogP contribution in [0.2, 0.25) is 0 Å². The van der Waals surface area contributed by atoms with Gasteiger partial charge in [-0.15, -0.1) is 0 Å². The van der Waals surface area contributed by atoms with Gasteiger partial charge in [-0.2, -0.15) is 0 Å². The molecular weight excluding hydrogens is 440 g/mol. The SMILES string of the molecule is C=C1CC(C)=C(c2cccc([C@H](CC(=O)O)NC(=O)[C@@H](CC(C)C)n3ccccc3=O)c2)C=C1C. The van der Waals surface area contributed by atoms with Crippen molar-refractivity contribution in [3.8, 4) is 0 Å². The van der Waals surface area contributed by atoms with Crippen LogP contribution < -0.4 is 10.9 Å². The van der Waals surface area contributed by atoms with Gasteiger partial charge in [-0.3, -0.25) is 14.4 Å². The third kappa shape index (κ3) is 6.47. The zero-order valence-corrected chi connectivity index (χ0v) is 20.9. The standard InChI is InChI=1S/C29H34N2O4/c1-18(2)13-26(31-12-7-6-11-27(31)32)29(35)30-25(17-28(33)34)23-10-8-9-22(16-23)24-15-20(4)19(3)14-21(24)5/h6-12,15-16,18,25-26H,3,13-14,17H2,1-2,4-5H3,(H,30,35)(H,33,34)/t25-,26+/m0/s1. The van der Waals surface area contributed by atoms with E-state index in [9.17, 15) is 19.5 Å². The molecule has 1 aliphatic carbocycles. The van der Waals surface area contributed by atoms with Gasteiger partial charge in [0.1, 0.15) is 6.04 Å². The van der Waals surface area contributed by atoms with Gasteiger partial charge < -0.3 is 15.0 Å². The van der Waals surface area contributed by atoms with Crippen LogP contribution in [0.5, 0.6) is 0 Å². The highest BCUT2D eigenvalue weighted by Crippen LogP contribution is 2.34. The molecule has 2 N–H and O–H groups in total. The maximum Gasteiger partial charge on any atom is 0.305 e. The second kappa shape index (κ2) is 11.2. The van der Waals surface area contributed by atoms with Gasteiger partial charge in [0, 0.05) is 12.3 Å². The van der Waals surface area contributed by atoms with Gasteiger partial charge in [-0.05, 0) is 72.6 Å². The van der Waals surface area contributed by atoms with Crippen LogP contribution in [-0.4, -0.2) is 21.6 Å². The maximum absolute atomic E-state index is 13.4. The smallest absolute Gasteiger partial charge is 0.305 e. The number of allylic oxidation sites excluding steroid dienone is 5. The molecule has 3 rings (SSSR count). The summed E-state index contributed by atoms with van der Waals surface area (Å²) in [7, 11) is 0. The highest BCUT2D eigenvalue weighted by molar-refractivity contribution is 5.83. The highest BCUT2D eigenvalue weighted by Gasteiger charge is 2.27. The molecule has 0 fully saturated rings. The van der Waals surface area contributed by atoms with E-state index in [0.717, 1.165) is 28.7 Å². The number of amides is 1. The van der Waals surface area contributed by atoms with Gasteiger partial charge in [-0.25, -0.2) is 0 Å². The lowest BCUT2D eigenvalue weighted by Crippen LogP contribution is -2.39. The van der Waals surface area contributed by atoms with E-state index in [1.165, 1.54) is 16.2 Å². The molecule has 0 saturated carbocycles. The van der Waals surface area contributed by atoms with Crippen molar-refractivity contribution in [3.63, 3.8) is 0 Å². The molecule has 0 saturated heterocycles. The monoisotopic (exact) mass is 474 g/mol. The van der Waals surface area contributed by atoms with Crippen molar-refractivity contribution in [1.29, 1.82) is 0 Å². The molecule has 0 aliphatic heterocycles. The summed E-state index contributed by atoms with van der Waals surface area (Å²) in [5, 5.41) is 12.5. The van der Waals surface area contributed by atoms with Crippen molar-refractivity contribution < 1.29 is 14.7 Å². The van der Waals surface area contributed by atoms with Gasteiger partial charge >= 0.3 is 5.97 Å². The molecule has 2 atom stereocenters. The van der Waals surface area contributed by atoms with Crippen LogP contribution in [-0.2, 0) is 9.59 Å². The lowest BCUT2D eigenvalue weighted by molar-refractivity contribution is -0.138. The van der Waals surface area contributed by atoms with Crippen LogP contribution in [0, 0.1) is 5.92 Å². The van der Waals surface area contributed by atoms with E-state index in [2.05, 4.69) is 24.9 Å². The van der Waals surface area contributed by atoms with Crippen LogP contribution >= 0.6 is 0 Å². The first-order valence-corrected chi connectivity index (χ1v) is 11.9. The Morgan fingerprint density at radius 2 is 1.89 bits per heavy atom. The number of hydrogen-bond donors (Lipinski definition) is 2. The van der Waals surface area contributed by atoms with Crippen LogP contribution in [0.1, 0.15) is 70.2 Å². The van der Waals surface area contributed by atoms with Gasteiger partial charge in [0.05, 0.1) is 12.5 Å². The summed E-state index contributed by atoms with van der Waals surface area (Å²) in [6.45, 7) is 12.2. The minimum absolute atomic E-state index is 0.157. The molecule has 1 amide bonds. The van der Waals surface area contributed by atoms with E-state index in [1.54, 1.807) is 18.3 Å². The van der Waals surface area contributed by atoms with Crippen molar-refractivity contribution in [3.05, 3.63) is 99.5 Å². The number of carboxylic acid groups (broad SMARTS) is 1. The molecule has 2 aromatic rings.